The molecule has 25 heavy (non-hydrogen) atoms. The fourth-order valence-corrected chi connectivity index (χ4v) is 2.16. The minimum Gasteiger partial charge on any atom is -0.494 e. The predicted octanol–water partition coefficient (Wildman–Crippen LogP) is 2.48. The van der Waals surface area contributed by atoms with Gasteiger partial charge in [-0.2, -0.15) is 0 Å². The number of likely N-dealkylation sites (N-methyl/N-ethyl adjacent to an activating group) is 1. The average molecular weight is 344 g/mol. The molecule has 5 nitrogen and oxygen atoms in total. The van der Waals surface area contributed by atoms with E-state index in [2.05, 4.69) is 5.32 Å². The van der Waals surface area contributed by atoms with Gasteiger partial charge < -0.3 is 15.0 Å². The zero-order chi connectivity index (χ0) is 18.1. The van der Waals surface area contributed by atoms with Gasteiger partial charge in [-0.1, -0.05) is 24.3 Å². The lowest BCUT2D eigenvalue weighted by Gasteiger charge is -2.17. The molecule has 0 heterocycles. The summed E-state index contributed by atoms with van der Waals surface area (Å²) in [6.45, 7) is 0.879. The number of nitrogens with zero attached hydrogens (tertiary/aromatic N) is 1. The summed E-state index contributed by atoms with van der Waals surface area (Å²) in [5.41, 5.74) is 0.187. The highest BCUT2D eigenvalue weighted by Crippen LogP contribution is 2.08. The molecular weight excluding hydrogens is 323 g/mol. The molecule has 2 rings (SSSR count). The van der Waals surface area contributed by atoms with E-state index in [0.717, 1.165) is 11.8 Å². The van der Waals surface area contributed by atoms with Crippen molar-refractivity contribution in [2.45, 2.75) is 6.42 Å². The molecular formula is C19H21FN2O3. The highest BCUT2D eigenvalue weighted by molar-refractivity contribution is 5.96. The lowest BCUT2D eigenvalue weighted by atomic mass is 10.2. The summed E-state index contributed by atoms with van der Waals surface area (Å²) < 4.78 is 18.6. The number of ether oxygens (including phenoxy) is 1. The van der Waals surface area contributed by atoms with Crippen LogP contribution in [0.4, 0.5) is 4.39 Å². The van der Waals surface area contributed by atoms with Gasteiger partial charge in [0, 0.05) is 19.2 Å². The molecule has 0 spiro atoms. The molecule has 0 aromatic heterocycles. The van der Waals surface area contributed by atoms with Gasteiger partial charge in [0.05, 0.1) is 13.2 Å². The summed E-state index contributed by atoms with van der Waals surface area (Å²) in [7, 11) is 1.67. The molecule has 1 N–H and O–H groups in total. The Balaban J connectivity index is 1.67. The molecule has 2 amide bonds. The van der Waals surface area contributed by atoms with Crippen molar-refractivity contribution < 1.29 is 18.7 Å². The summed E-state index contributed by atoms with van der Waals surface area (Å²) in [4.78, 5) is 25.4. The van der Waals surface area contributed by atoms with Crippen LogP contribution in [0.15, 0.2) is 54.6 Å². The largest absolute Gasteiger partial charge is 0.494 e. The van der Waals surface area contributed by atoms with Gasteiger partial charge in [-0.15, -0.1) is 0 Å². The van der Waals surface area contributed by atoms with Crippen LogP contribution in [0.5, 0.6) is 5.75 Å². The van der Waals surface area contributed by atoms with Crippen molar-refractivity contribution in [2.24, 2.45) is 0 Å². The van der Waals surface area contributed by atoms with Gasteiger partial charge in [0.25, 0.3) is 5.91 Å². The fraction of sp³-hybridized carbons (Fsp3) is 0.263. The van der Waals surface area contributed by atoms with Crippen molar-refractivity contribution >= 4 is 11.8 Å². The summed E-state index contributed by atoms with van der Waals surface area (Å²) in [5, 5.41) is 2.50. The van der Waals surface area contributed by atoms with Crippen molar-refractivity contribution in [3.05, 3.63) is 66.0 Å². The van der Waals surface area contributed by atoms with Gasteiger partial charge in [0.2, 0.25) is 5.91 Å². The van der Waals surface area contributed by atoms with Crippen molar-refractivity contribution in [1.29, 1.82) is 0 Å². The van der Waals surface area contributed by atoms with Crippen molar-refractivity contribution in [3.63, 3.8) is 0 Å². The second kappa shape index (κ2) is 9.42. The Morgan fingerprint density at radius 1 is 1.12 bits per heavy atom. The maximum Gasteiger partial charge on any atom is 0.251 e. The first-order valence-electron chi connectivity index (χ1n) is 8.02. The zero-order valence-electron chi connectivity index (χ0n) is 14.1. The molecule has 2 aromatic rings. The molecule has 0 aliphatic heterocycles. The van der Waals surface area contributed by atoms with Gasteiger partial charge in [0.1, 0.15) is 11.6 Å². The number of halogens is 1. The predicted molar refractivity (Wildman–Crippen MR) is 92.9 cm³/mol. The zero-order valence-corrected chi connectivity index (χ0v) is 14.1. The maximum atomic E-state index is 13.1. The third-order valence-corrected chi connectivity index (χ3v) is 3.56. The van der Waals surface area contributed by atoms with Crippen molar-refractivity contribution in [3.8, 4) is 5.75 Å². The first kappa shape index (κ1) is 18.4. The molecule has 0 saturated carbocycles. The molecule has 0 unspecified atom stereocenters. The number of rotatable bonds is 8. The quantitative estimate of drug-likeness (QED) is 0.749. The molecule has 0 radical (unpaired) electrons. The Labute approximate surface area is 146 Å². The first-order valence-corrected chi connectivity index (χ1v) is 8.02. The number of nitrogens with one attached hydrogen (secondary N) is 1. The van der Waals surface area contributed by atoms with Crippen molar-refractivity contribution in [1.82, 2.24) is 10.2 Å². The van der Waals surface area contributed by atoms with E-state index < -0.39 is 11.7 Å². The number of benzene rings is 2. The van der Waals surface area contributed by atoms with Gasteiger partial charge >= 0.3 is 0 Å². The van der Waals surface area contributed by atoms with E-state index in [-0.39, 0.29) is 18.0 Å². The van der Waals surface area contributed by atoms with Gasteiger partial charge in [-0.25, -0.2) is 4.39 Å². The Morgan fingerprint density at radius 3 is 2.60 bits per heavy atom. The van der Waals surface area contributed by atoms with E-state index in [1.807, 2.05) is 30.3 Å². The number of amides is 2. The minimum absolute atomic E-state index is 0.134. The number of carbonyl (C=O) groups is 2. The fourth-order valence-electron chi connectivity index (χ4n) is 2.16. The van der Waals surface area contributed by atoms with Crippen LogP contribution in [0.1, 0.15) is 16.8 Å². The molecule has 2 aromatic carbocycles. The maximum absolute atomic E-state index is 13.1. The molecule has 0 atom stereocenters. The molecule has 0 aliphatic carbocycles. The third kappa shape index (κ3) is 6.25. The van der Waals surface area contributed by atoms with E-state index in [1.165, 1.54) is 23.1 Å². The standard InChI is InChI=1S/C19H21FN2O3/c1-22(11-6-12-25-17-9-3-2-4-10-17)18(23)14-21-19(24)15-7-5-8-16(20)13-15/h2-5,7-10,13H,6,11-12,14H2,1H3,(H,21,24). The number of hydrogen-bond donors (Lipinski definition) is 1. The van der Waals surface area contributed by atoms with E-state index >= 15 is 0 Å². The normalized spacial score (nSPS) is 10.2. The molecule has 6 heteroatoms. The summed E-state index contributed by atoms with van der Waals surface area (Å²) in [6, 6.07) is 14.8. The van der Waals surface area contributed by atoms with Crippen LogP contribution in [0.2, 0.25) is 0 Å². The van der Waals surface area contributed by atoms with E-state index in [9.17, 15) is 14.0 Å². The van der Waals surface area contributed by atoms with Crippen LogP contribution in [-0.4, -0.2) is 43.5 Å². The Hall–Kier alpha value is -2.89. The molecule has 132 valence electrons. The topological polar surface area (TPSA) is 58.6 Å². The van der Waals surface area contributed by atoms with Crippen LogP contribution >= 0.6 is 0 Å². The lowest BCUT2D eigenvalue weighted by molar-refractivity contribution is -0.128. The number of hydrogen-bond acceptors (Lipinski definition) is 3. The Kier molecular flexibility index (Phi) is 6.95. The molecule has 0 saturated heterocycles. The molecule has 0 fully saturated rings. The van der Waals surface area contributed by atoms with E-state index in [0.29, 0.717) is 19.6 Å². The van der Waals surface area contributed by atoms with Gasteiger partial charge in [0.15, 0.2) is 0 Å². The number of carbonyl (C=O) groups excluding carboxylic acids is 2. The highest BCUT2D eigenvalue weighted by atomic mass is 19.1. The molecule has 0 aliphatic rings. The summed E-state index contributed by atoms with van der Waals surface area (Å²) >= 11 is 0. The van der Waals surface area contributed by atoms with E-state index in [1.54, 1.807) is 7.05 Å². The second-order valence-electron chi connectivity index (χ2n) is 5.52. The van der Waals surface area contributed by atoms with E-state index in [4.69, 9.17) is 4.74 Å². The number of para-hydroxylation sites is 1. The smallest absolute Gasteiger partial charge is 0.251 e. The van der Waals surface area contributed by atoms with Crippen LogP contribution in [-0.2, 0) is 4.79 Å². The lowest BCUT2D eigenvalue weighted by Crippen LogP contribution is -2.38. The Morgan fingerprint density at radius 2 is 1.88 bits per heavy atom. The summed E-state index contributed by atoms with van der Waals surface area (Å²) in [6.07, 6.45) is 0.676. The van der Waals surface area contributed by atoms with Crippen LogP contribution in [0.25, 0.3) is 0 Å². The Bertz CT molecular complexity index is 707. The minimum atomic E-state index is -0.491. The monoisotopic (exact) mass is 344 g/mol. The third-order valence-electron chi connectivity index (χ3n) is 3.56. The van der Waals surface area contributed by atoms with Crippen molar-refractivity contribution in [2.75, 3.05) is 26.7 Å². The van der Waals surface area contributed by atoms with Crippen LogP contribution in [0.3, 0.4) is 0 Å². The second-order valence-corrected chi connectivity index (χ2v) is 5.52. The highest BCUT2D eigenvalue weighted by Gasteiger charge is 2.12. The first-order chi connectivity index (χ1) is 12.1. The van der Waals surface area contributed by atoms with Gasteiger partial charge in [-0.3, -0.25) is 9.59 Å². The molecule has 0 bridgehead atoms. The van der Waals surface area contributed by atoms with Gasteiger partial charge in [-0.05, 0) is 36.8 Å². The van der Waals surface area contributed by atoms with Crippen LogP contribution < -0.4 is 10.1 Å². The SMILES string of the molecule is CN(CCCOc1ccccc1)C(=O)CNC(=O)c1cccc(F)c1. The summed E-state index contributed by atoms with van der Waals surface area (Å²) in [5.74, 6) is -0.397. The average Bonchev–Trinajstić information content (AvgIpc) is 2.63. The van der Waals surface area contributed by atoms with Crippen LogP contribution in [0, 0.1) is 5.82 Å².